The molecular weight excluding hydrogens is 330 g/mol. The maximum atomic E-state index is 12.5. The summed E-state index contributed by atoms with van der Waals surface area (Å²) in [5, 5.41) is 12.9. The van der Waals surface area contributed by atoms with Crippen molar-refractivity contribution in [3.05, 3.63) is 47.0 Å². The van der Waals surface area contributed by atoms with Gasteiger partial charge in [-0.25, -0.2) is 0 Å². The second kappa shape index (κ2) is 6.61. The summed E-state index contributed by atoms with van der Waals surface area (Å²) in [6, 6.07) is 10.3. The molecule has 2 N–H and O–H groups in total. The third kappa shape index (κ3) is 3.12. The van der Waals surface area contributed by atoms with E-state index >= 15 is 0 Å². The molecule has 2 aromatic rings. The van der Waals surface area contributed by atoms with Gasteiger partial charge in [-0.3, -0.25) is 4.79 Å². The number of amides is 1. The van der Waals surface area contributed by atoms with E-state index in [0.29, 0.717) is 11.4 Å². The highest BCUT2D eigenvalue weighted by Crippen LogP contribution is 2.52. The molecule has 0 spiro atoms. The molecule has 6 heteroatoms. The lowest BCUT2D eigenvalue weighted by Gasteiger charge is -2.11. The standard InChI is InChI=1S/C18H18ClNO4/c1-23-10-6-7-16(24-2)12(8-10)11-9-13(11)18(22)20-17-14(19)4-3-5-15(17)21/h3-8,11,13,21H,9H2,1-2H3,(H,20,22)/t11-,13-/m1/s1. The molecule has 0 bridgehead atoms. The van der Waals surface area contributed by atoms with Gasteiger partial charge >= 0.3 is 0 Å². The van der Waals surface area contributed by atoms with E-state index < -0.39 is 0 Å². The summed E-state index contributed by atoms with van der Waals surface area (Å²) in [5.41, 5.74) is 1.19. The summed E-state index contributed by atoms with van der Waals surface area (Å²) in [6.45, 7) is 0. The van der Waals surface area contributed by atoms with Crippen molar-refractivity contribution >= 4 is 23.2 Å². The van der Waals surface area contributed by atoms with E-state index in [2.05, 4.69) is 5.32 Å². The number of ether oxygens (including phenoxy) is 2. The van der Waals surface area contributed by atoms with E-state index in [1.165, 1.54) is 6.07 Å². The number of hydrogen-bond donors (Lipinski definition) is 2. The SMILES string of the molecule is COc1ccc(OC)c([C@H]2C[C@H]2C(=O)Nc2c(O)cccc2Cl)c1. The fourth-order valence-corrected chi connectivity index (χ4v) is 3.03. The Morgan fingerprint density at radius 2 is 2.04 bits per heavy atom. The Labute approximate surface area is 145 Å². The first kappa shape index (κ1) is 16.5. The lowest BCUT2D eigenvalue weighted by Crippen LogP contribution is -2.15. The summed E-state index contributed by atoms with van der Waals surface area (Å²) in [6.07, 6.45) is 0.709. The molecule has 2 atom stereocenters. The Hall–Kier alpha value is -2.40. The number of para-hydroxylation sites is 1. The van der Waals surface area contributed by atoms with Crippen molar-refractivity contribution in [2.24, 2.45) is 5.92 Å². The second-order valence-electron chi connectivity index (χ2n) is 5.68. The van der Waals surface area contributed by atoms with Gasteiger partial charge in [0.25, 0.3) is 0 Å². The van der Waals surface area contributed by atoms with E-state index in [4.69, 9.17) is 21.1 Å². The average Bonchev–Trinajstić information content (AvgIpc) is 3.38. The second-order valence-corrected chi connectivity index (χ2v) is 6.09. The fourth-order valence-electron chi connectivity index (χ4n) is 2.81. The normalized spacial score (nSPS) is 18.8. The number of carbonyl (C=O) groups is 1. The molecule has 0 aromatic heterocycles. The zero-order valence-electron chi connectivity index (χ0n) is 13.4. The number of hydrogen-bond acceptors (Lipinski definition) is 4. The maximum Gasteiger partial charge on any atom is 0.228 e. The number of rotatable bonds is 5. The van der Waals surface area contributed by atoms with E-state index in [9.17, 15) is 9.90 Å². The molecule has 0 unspecified atom stereocenters. The Morgan fingerprint density at radius 3 is 2.71 bits per heavy atom. The molecule has 2 aromatic carbocycles. The van der Waals surface area contributed by atoms with Crippen LogP contribution in [0.3, 0.4) is 0 Å². The molecule has 0 radical (unpaired) electrons. The first-order valence-corrected chi connectivity index (χ1v) is 7.93. The van der Waals surface area contributed by atoms with Crippen LogP contribution in [0.1, 0.15) is 17.9 Å². The van der Waals surface area contributed by atoms with Crippen LogP contribution in [0.25, 0.3) is 0 Å². The van der Waals surface area contributed by atoms with Gasteiger partial charge in [0.2, 0.25) is 5.91 Å². The van der Waals surface area contributed by atoms with Crippen molar-refractivity contribution in [1.29, 1.82) is 0 Å². The predicted molar refractivity (Wildman–Crippen MR) is 92.1 cm³/mol. The molecule has 1 amide bonds. The minimum atomic E-state index is -0.193. The largest absolute Gasteiger partial charge is 0.506 e. The minimum Gasteiger partial charge on any atom is -0.506 e. The first-order chi connectivity index (χ1) is 11.5. The molecule has 3 rings (SSSR count). The Balaban J connectivity index is 1.77. The quantitative estimate of drug-likeness (QED) is 0.807. The molecule has 1 saturated carbocycles. The van der Waals surface area contributed by atoms with Crippen LogP contribution in [0.15, 0.2) is 36.4 Å². The topological polar surface area (TPSA) is 67.8 Å². The zero-order chi connectivity index (χ0) is 17.3. The van der Waals surface area contributed by atoms with Crippen LogP contribution < -0.4 is 14.8 Å². The van der Waals surface area contributed by atoms with Crippen molar-refractivity contribution in [2.45, 2.75) is 12.3 Å². The summed E-state index contributed by atoms with van der Waals surface area (Å²) in [5.74, 6) is 1.10. The number of nitrogens with one attached hydrogen (secondary N) is 1. The summed E-state index contributed by atoms with van der Waals surface area (Å²) in [4.78, 5) is 12.5. The molecule has 0 saturated heterocycles. The molecule has 0 aliphatic heterocycles. The van der Waals surface area contributed by atoms with Crippen LogP contribution in [-0.2, 0) is 4.79 Å². The van der Waals surface area contributed by atoms with Crippen LogP contribution in [0.4, 0.5) is 5.69 Å². The average molecular weight is 348 g/mol. The van der Waals surface area contributed by atoms with Gasteiger partial charge < -0.3 is 19.9 Å². The number of halogens is 1. The lowest BCUT2D eigenvalue weighted by atomic mass is 10.1. The van der Waals surface area contributed by atoms with Gasteiger partial charge in [-0.05, 0) is 36.8 Å². The molecular formula is C18H18ClNO4. The number of methoxy groups -OCH3 is 2. The maximum absolute atomic E-state index is 12.5. The molecule has 24 heavy (non-hydrogen) atoms. The van der Waals surface area contributed by atoms with Gasteiger partial charge in [0.1, 0.15) is 22.9 Å². The van der Waals surface area contributed by atoms with Crippen molar-refractivity contribution in [3.8, 4) is 17.2 Å². The first-order valence-electron chi connectivity index (χ1n) is 7.55. The van der Waals surface area contributed by atoms with Crippen LogP contribution in [0.5, 0.6) is 17.2 Å². The predicted octanol–water partition coefficient (Wildman–Crippen LogP) is 3.81. The van der Waals surface area contributed by atoms with Crippen molar-refractivity contribution < 1.29 is 19.4 Å². The van der Waals surface area contributed by atoms with Crippen molar-refractivity contribution in [3.63, 3.8) is 0 Å². The number of anilines is 1. The Morgan fingerprint density at radius 1 is 1.25 bits per heavy atom. The van der Waals surface area contributed by atoms with Crippen LogP contribution in [0, 0.1) is 5.92 Å². The highest BCUT2D eigenvalue weighted by atomic mass is 35.5. The van der Waals surface area contributed by atoms with Gasteiger partial charge in [0, 0.05) is 17.4 Å². The molecule has 1 fully saturated rings. The van der Waals surface area contributed by atoms with Crippen molar-refractivity contribution in [2.75, 3.05) is 19.5 Å². The number of carbonyl (C=O) groups excluding carboxylic acids is 1. The molecule has 1 aliphatic carbocycles. The number of phenolic OH excluding ortho intramolecular Hbond substituents is 1. The zero-order valence-corrected chi connectivity index (χ0v) is 14.1. The Kier molecular flexibility index (Phi) is 4.53. The van der Waals surface area contributed by atoms with Crippen LogP contribution >= 0.6 is 11.6 Å². The van der Waals surface area contributed by atoms with Gasteiger partial charge in [0.15, 0.2) is 0 Å². The van der Waals surface area contributed by atoms with E-state index in [1.807, 2.05) is 18.2 Å². The summed E-state index contributed by atoms with van der Waals surface area (Å²) < 4.78 is 10.6. The van der Waals surface area contributed by atoms with E-state index in [0.717, 1.165) is 17.1 Å². The van der Waals surface area contributed by atoms with Gasteiger partial charge in [0.05, 0.1) is 19.2 Å². The summed E-state index contributed by atoms with van der Waals surface area (Å²) in [7, 11) is 3.20. The van der Waals surface area contributed by atoms with Gasteiger partial charge in [-0.15, -0.1) is 0 Å². The van der Waals surface area contributed by atoms with Crippen molar-refractivity contribution in [1.82, 2.24) is 0 Å². The monoisotopic (exact) mass is 347 g/mol. The van der Waals surface area contributed by atoms with Gasteiger partial charge in [-0.2, -0.15) is 0 Å². The smallest absolute Gasteiger partial charge is 0.228 e. The van der Waals surface area contributed by atoms with Crippen LogP contribution in [0.2, 0.25) is 5.02 Å². The molecule has 126 valence electrons. The summed E-state index contributed by atoms with van der Waals surface area (Å²) >= 11 is 6.03. The number of aromatic hydroxyl groups is 1. The van der Waals surface area contributed by atoms with Crippen LogP contribution in [-0.4, -0.2) is 25.2 Å². The highest BCUT2D eigenvalue weighted by molar-refractivity contribution is 6.34. The fraction of sp³-hybridized carbons (Fsp3) is 0.278. The lowest BCUT2D eigenvalue weighted by molar-refractivity contribution is -0.117. The molecule has 1 aliphatic rings. The third-order valence-corrected chi connectivity index (χ3v) is 4.52. The number of phenols is 1. The highest BCUT2D eigenvalue weighted by Gasteiger charge is 2.45. The van der Waals surface area contributed by atoms with Gasteiger partial charge in [-0.1, -0.05) is 17.7 Å². The minimum absolute atomic E-state index is 0.0491. The van der Waals surface area contributed by atoms with E-state index in [1.54, 1.807) is 26.4 Å². The Bertz CT molecular complexity index is 757. The third-order valence-electron chi connectivity index (χ3n) is 4.20. The van der Waals surface area contributed by atoms with E-state index in [-0.39, 0.29) is 29.2 Å². The number of benzene rings is 2. The molecule has 5 nitrogen and oxygen atoms in total. The molecule has 0 heterocycles.